The van der Waals surface area contributed by atoms with Crippen LogP contribution in [0.1, 0.15) is 36.0 Å². The quantitative estimate of drug-likeness (QED) is 0.785. The fourth-order valence-corrected chi connectivity index (χ4v) is 2.60. The number of carbonyl (C=O) groups excluding carboxylic acids is 1. The van der Waals surface area contributed by atoms with Gasteiger partial charge < -0.3 is 16.2 Å². The molecule has 1 aliphatic carbocycles. The van der Waals surface area contributed by atoms with Crippen LogP contribution < -0.4 is 11.1 Å². The topological polar surface area (TPSA) is 75.3 Å². The van der Waals surface area contributed by atoms with Crippen LogP contribution >= 0.6 is 11.6 Å². The fourth-order valence-electron chi connectivity index (χ4n) is 2.44. The van der Waals surface area contributed by atoms with Gasteiger partial charge in [-0.15, -0.1) is 0 Å². The molecular formula is C13H17ClN2O2. The zero-order valence-corrected chi connectivity index (χ0v) is 10.8. The molecule has 1 saturated carbocycles. The number of amides is 1. The van der Waals surface area contributed by atoms with Crippen molar-refractivity contribution in [2.75, 3.05) is 6.54 Å². The van der Waals surface area contributed by atoms with Gasteiger partial charge in [-0.1, -0.05) is 24.4 Å². The van der Waals surface area contributed by atoms with Gasteiger partial charge in [-0.05, 0) is 31.0 Å². The summed E-state index contributed by atoms with van der Waals surface area (Å²) in [5.74, 6) is -0.401. The summed E-state index contributed by atoms with van der Waals surface area (Å²) in [7, 11) is 0. The van der Waals surface area contributed by atoms with E-state index in [4.69, 9.17) is 17.3 Å². The highest BCUT2D eigenvalue weighted by Crippen LogP contribution is 2.30. The van der Waals surface area contributed by atoms with Crippen LogP contribution in [0.4, 0.5) is 0 Å². The molecule has 0 aliphatic heterocycles. The van der Waals surface area contributed by atoms with Crippen LogP contribution in [0.25, 0.3) is 0 Å². The summed E-state index contributed by atoms with van der Waals surface area (Å²) in [5, 5.41) is 13.1. The van der Waals surface area contributed by atoms with Gasteiger partial charge in [-0.2, -0.15) is 0 Å². The van der Waals surface area contributed by atoms with Crippen LogP contribution in [0.15, 0.2) is 18.2 Å². The first-order valence-corrected chi connectivity index (χ1v) is 6.45. The van der Waals surface area contributed by atoms with E-state index in [1.54, 1.807) is 6.07 Å². The number of carbonyl (C=O) groups is 1. The number of benzene rings is 1. The summed E-state index contributed by atoms with van der Waals surface area (Å²) in [6, 6.07) is 4.46. The second-order valence-corrected chi connectivity index (χ2v) is 5.24. The Kier molecular flexibility index (Phi) is 3.78. The first-order valence-electron chi connectivity index (χ1n) is 6.07. The number of aromatic hydroxyl groups is 1. The third kappa shape index (κ3) is 2.60. The predicted octanol–water partition coefficient (Wildman–Crippen LogP) is 2.05. The number of hydrogen-bond donors (Lipinski definition) is 3. The van der Waals surface area contributed by atoms with Gasteiger partial charge in [-0.25, -0.2) is 0 Å². The van der Waals surface area contributed by atoms with Crippen LogP contribution in [0, 0.1) is 0 Å². The molecule has 4 N–H and O–H groups in total. The van der Waals surface area contributed by atoms with Crippen LogP contribution in [0.5, 0.6) is 5.75 Å². The smallest absolute Gasteiger partial charge is 0.255 e. The summed E-state index contributed by atoms with van der Waals surface area (Å²) in [4.78, 5) is 12.1. The summed E-state index contributed by atoms with van der Waals surface area (Å²) in [5.41, 5.74) is 5.68. The monoisotopic (exact) mass is 268 g/mol. The van der Waals surface area contributed by atoms with Crippen molar-refractivity contribution >= 4 is 17.5 Å². The highest BCUT2D eigenvalue weighted by Gasteiger charge is 2.34. The van der Waals surface area contributed by atoms with Crippen molar-refractivity contribution in [2.45, 2.75) is 31.2 Å². The van der Waals surface area contributed by atoms with E-state index in [0.717, 1.165) is 25.7 Å². The minimum Gasteiger partial charge on any atom is -0.507 e. The Morgan fingerprint density at radius 2 is 2.11 bits per heavy atom. The number of hydrogen-bond acceptors (Lipinski definition) is 3. The van der Waals surface area contributed by atoms with E-state index >= 15 is 0 Å². The molecule has 1 amide bonds. The molecule has 1 aromatic rings. The molecule has 0 saturated heterocycles. The van der Waals surface area contributed by atoms with Gasteiger partial charge in [0.05, 0.1) is 11.1 Å². The molecule has 0 spiro atoms. The Labute approximate surface area is 111 Å². The highest BCUT2D eigenvalue weighted by atomic mass is 35.5. The highest BCUT2D eigenvalue weighted by molar-refractivity contribution is 6.30. The Hall–Kier alpha value is -1.26. The van der Waals surface area contributed by atoms with Crippen molar-refractivity contribution in [1.29, 1.82) is 0 Å². The van der Waals surface area contributed by atoms with E-state index in [9.17, 15) is 9.90 Å². The molecule has 0 bridgehead atoms. The molecule has 98 valence electrons. The molecule has 1 aromatic carbocycles. The molecule has 0 unspecified atom stereocenters. The van der Waals surface area contributed by atoms with Gasteiger partial charge in [0.1, 0.15) is 5.75 Å². The average molecular weight is 269 g/mol. The maximum Gasteiger partial charge on any atom is 0.255 e. The molecule has 0 heterocycles. The van der Waals surface area contributed by atoms with Crippen molar-refractivity contribution < 1.29 is 9.90 Å². The molecular weight excluding hydrogens is 252 g/mol. The maximum absolute atomic E-state index is 12.1. The summed E-state index contributed by atoms with van der Waals surface area (Å²) >= 11 is 5.73. The van der Waals surface area contributed by atoms with E-state index in [0.29, 0.717) is 11.6 Å². The largest absolute Gasteiger partial charge is 0.507 e. The standard InChI is InChI=1S/C13H17ClN2O2/c14-9-3-4-10(11(17)7-9)12(18)16-13(8-15)5-1-2-6-13/h3-4,7,17H,1-2,5-6,8,15H2,(H,16,18). The second kappa shape index (κ2) is 5.16. The zero-order chi connectivity index (χ0) is 13.2. The summed E-state index contributed by atoms with van der Waals surface area (Å²) in [6.07, 6.45) is 3.93. The molecule has 2 rings (SSSR count). The van der Waals surface area contributed by atoms with Crippen LogP contribution in [0.3, 0.4) is 0 Å². The first kappa shape index (κ1) is 13.2. The normalized spacial score (nSPS) is 17.7. The van der Waals surface area contributed by atoms with Gasteiger partial charge >= 0.3 is 0 Å². The summed E-state index contributed by atoms with van der Waals surface area (Å²) < 4.78 is 0. The lowest BCUT2D eigenvalue weighted by Gasteiger charge is -2.28. The number of phenols is 1. The van der Waals surface area contributed by atoms with E-state index in [1.165, 1.54) is 12.1 Å². The number of phenolic OH excluding ortho intramolecular Hbond substituents is 1. The minimum atomic E-state index is -0.316. The second-order valence-electron chi connectivity index (χ2n) is 4.81. The molecule has 18 heavy (non-hydrogen) atoms. The predicted molar refractivity (Wildman–Crippen MR) is 70.8 cm³/mol. The van der Waals surface area contributed by atoms with Crippen molar-refractivity contribution in [3.05, 3.63) is 28.8 Å². The third-order valence-corrected chi connectivity index (χ3v) is 3.77. The van der Waals surface area contributed by atoms with Crippen LogP contribution in [-0.2, 0) is 0 Å². The number of nitrogens with one attached hydrogen (secondary N) is 1. The number of nitrogens with two attached hydrogens (primary N) is 1. The van der Waals surface area contributed by atoms with Crippen molar-refractivity contribution in [2.24, 2.45) is 5.73 Å². The van der Waals surface area contributed by atoms with Crippen LogP contribution in [0.2, 0.25) is 5.02 Å². The third-order valence-electron chi connectivity index (χ3n) is 3.53. The van der Waals surface area contributed by atoms with Crippen molar-refractivity contribution in [3.63, 3.8) is 0 Å². The van der Waals surface area contributed by atoms with Gasteiger partial charge in [0.25, 0.3) is 5.91 Å². The minimum absolute atomic E-state index is 0.106. The van der Waals surface area contributed by atoms with Gasteiger partial charge in [0.2, 0.25) is 0 Å². The van der Waals surface area contributed by atoms with Crippen LogP contribution in [-0.4, -0.2) is 23.1 Å². The lowest BCUT2D eigenvalue weighted by Crippen LogP contribution is -2.51. The van der Waals surface area contributed by atoms with E-state index in [1.807, 2.05) is 0 Å². The molecule has 0 aromatic heterocycles. The molecule has 4 nitrogen and oxygen atoms in total. The molecule has 0 atom stereocenters. The lowest BCUT2D eigenvalue weighted by molar-refractivity contribution is 0.0900. The molecule has 1 aliphatic rings. The first-order chi connectivity index (χ1) is 8.56. The number of halogens is 1. The Morgan fingerprint density at radius 3 is 2.67 bits per heavy atom. The van der Waals surface area contributed by atoms with E-state index < -0.39 is 0 Å². The maximum atomic E-state index is 12.1. The lowest BCUT2D eigenvalue weighted by atomic mass is 9.97. The summed E-state index contributed by atoms with van der Waals surface area (Å²) in [6.45, 7) is 0.424. The molecule has 5 heteroatoms. The Morgan fingerprint density at radius 1 is 1.44 bits per heavy atom. The number of rotatable bonds is 3. The van der Waals surface area contributed by atoms with Crippen molar-refractivity contribution in [3.8, 4) is 5.75 Å². The van der Waals surface area contributed by atoms with E-state index in [-0.39, 0.29) is 22.8 Å². The van der Waals surface area contributed by atoms with Crippen molar-refractivity contribution in [1.82, 2.24) is 5.32 Å². The molecule has 1 fully saturated rings. The average Bonchev–Trinajstić information content (AvgIpc) is 2.78. The SMILES string of the molecule is NCC1(NC(=O)c2ccc(Cl)cc2O)CCCC1. The van der Waals surface area contributed by atoms with Gasteiger partial charge in [0.15, 0.2) is 0 Å². The van der Waals surface area contributed by atoms with Gasteiger partial charge in [0, 0.05) is 11.6 Å². The van der Waals surface area contributed by atoms with E-state index in [2.05, 4.69) is 5.32 Å². The zero-order valence-electron chi connectivity index (χ0n) is 10.1. The molecule has 0 radical (unpaired) electrons. The Balaban J connectivity index is 2.16. The van der Waals surface area contributed by atoms with Gasteiger partial charge in [-0.3, -0.25) is 4.79 Å². The Bertz CT molecular complexity index is 456. The fraction of sp³-hybridized carbons (Fsp3) is 0.462.